The number of aryl methyl sites for hydroxylation is 1. The fourth-order valence-electron chi connectivity index (χ4n) is 3.27. The number of aliphatic imine (C=N–C) groups is 1. The van der Waals surface area contributed by atoms with Gasteiger partial charge in [-0.2, -0.15) is 0 Å². The Morgan fingerprint density at radius 1 is 1.32 bits per heavy atom. The van der Waals surface area contributed by atoms with E-state index >= 15 is 0 Å². The van der Waals surface area contributed by atoms with Gasteiger partial charge in [0, 0.05) is 25.7 Å². The van der Waals surface area contributed by atoms with Crippen LogP contribution in [0.4, 0.5) is 0 Å². The van der Waals surface area contributed by atoms with E-state index < -0.39 is 0 Å². The van der Waals surface area contributed by atoms with Crippen molar-refractivity contribution in [1.82, 2.24) is 15.5 Å². The molecule has 28 heavy (non-hydrogen) atoms. The molecule has 1 amide bonds. The van der Waals surface area contributed by atoms with E-state index in [1.807, 2.05) is 13.0 Å². The maximum atomic E-state index is 11.0. The highest BCUT2D eigenvalue weighted by Crippen LogP contribution is 2.19. The maximum Gasteiger partial charge on any atom is 0.231 e. The molecule has 0 unspecified atom stereocenters. The Morgan fingerprint density at radius 3 is 2.61 bits per heavy atom. The molecule has 1 saturated heterocycles. The molecule has 4 N–H and O–H groups in total. The van der Waals surface area contributed by atoms with E-state index in [0.717, 1.165) is 55.3 Å². The molecule has 7 nitrogen and oxygen atoms in total. The monoisotopic (exact) mass is 503 g/mol. The zero-order valence-electron chi connectivity index (χ0n) is 17.2. The molecule has 1 aromatic carbocycles. The number of ether oxygens (including phenoxy) is 1. The third-order valence-corrected chi connectivity index (χ3v) is 4.61. The first-order valence-electron chi connectivity index (χ1n) is 9.79. The number of piperidine rings is 1. The van der Waals surface area contributed by atoms with E-state index in [1.54, 1.807) is 0 Å². The first-order chi connectivity index (χ1) is 13.0. The van der Waals surface area contributed by atoms with Crippen LogP contribution in [-0.2, 0) is 11.3 Å². The summed E-state index contributed by atoms with van der Waals surface area (Å²) in [7, 11) is 0. The molecule has 8 heteroatoms. The smallest absolute Gasteiger partial charge is 0.231 e. The van der Waals surface area contributed by atoms with Crippen molar-refractivity contribution in [3.05, 3.63) is 29.3 Å². The molecule has 0 atom stereocenters. The van der Waals surface area contributed by atoms with Crippen molar-refractivity contribution in [2.75, 3.05) is 32.8 Å². The van der Waals surface area contributed by atoms with Gasteiger partial charge >= 0.3 is 0 Å². The molecule has 1 fully saturated rings. The number of nitrogens with one attached hydrogen (secondary N) is 2. The van der Waals surface area contributed by atoms with Crippen molar-refractivity contribution in [3.63, 3.8) is 0 Å². The van der Waals surface area contributed by atoms with Crippen LogP contribution in [0.1, 0.15) is 37.8 Å². The van der Waals surface area contributed by atoms with Gasteiger partial charge in [0.05, 0.1) is 19.7 Å². The summed E-state index contributed by atoms with van der Waals surface area (Å²) in [6, 6.07) is 6.56. The highest BCUT2D eigenvalue weighted by Gasteiger charge is 2.20. The third kappa shape index (κ3) is 8.22. The summed E-state index contributed by atoms with van der Waals surface area (Å²) in [6.45, 7) is 10.3. The first-order valence-corrected chi connectivity index (χ1v) is 9.79. The van der Waals surface area contributed by atoms with E-state index in [4.69, 9.17) is 15.5 Å². The van der Waals surface area contributed by atoms with Crippen LogP contribution in [0.15, 0.2) is 23.2 Å². The Bertz CT molecular complexity index is 645. The molecule has 0 aromatic heterocycles. The van der Waals surface area contributed by atoms with Crippen molar-refractivity contribution in [2.45, 2.75) is 46.2 Å². The zero-order chi connectivity index (χ0) is 19.6. The number of guanidine groups is 1. The van der Waals surface area contributed by atoms with Crippen molar-refractivity contribution in [1.29, 1.82) is 0 Å². The van der Waals surface area contributed by atoms with Crippen molar-refractivity contribution < 1.29 is 9.53 Å². The number of carbonyl (C=O) groups excluding carboxylic acids is 1. The second kappa shape index (κ2) is 12.8. The van der Waals surface area contributed by atoms with Crippen LogP contribution in [0.5, 0.6) is 5.75 Å². The minimum Gasteiger partial charge on any atom is -0.494 e. The first kappa shape index (κ1) is 24.5. The van der Waals surface area contributed by atoms with Gasteiger partial charge in [-0.15, -0.1) is 24.0 Å². The van der Waals surface area contributed by atoms with Crippen molar-refractivity contribution in [2.24, 2.45) is 10.7 Å². The molecule has 0 saturated carbocycles. The molecule has 0 radical (unpaired) electrons. The summed E-state index contributed by atoms with van der Waals surface area (Å²) >= 11 is 0. The molecule has 1 aliphatic rings. The van der Waals surface area contributed by atoms with Crippen LogP contribution in [0.3, 0.4) is 0 Å². The molecular weight excluding hydrogens is 469 g/mol. The normalized spacial score (nSPS) is 15.6. The summed E-state index contributed by atoms with van der Waals surface area (Å²) in [6.07, 6.45) is 1.94. The number of hydrogen-bond donors (Lipinski definition) is 3. The van der Waals surface area contributed by atoms with E-state index in [9.17, 15) is 4.79 Å². The number of hydrogen-bond acceptors (Lipinski definition) is 4. The van der Waals surface area contributed by atoms with Gasteiger partial charge in [-0.1, -0.05) is 12.1 Å². The number of nitrogens with zero attached hydrogens (tertiary/aromatic N) is 2. The van der Waals surface area contributed by atoms with E-state index in [0.29, 0.717) is 25.7 Å². The Hall–Kier alpha value is -1.55. The van der Waals surface area contributed by atoms with E-state index in [1.165, 1.54) is 0 Å². The molecule has 0 spiro atoms. The van der Waals surface area contributed by atoms with Crippen LogP contribution in [0.25, 0.3) is 0 Å². The SMILES string of the molecule is CCNC(=NCc1ccc(OCC)c(C)c1)NC1CCN(CC(N)=O)CC1.I. The number of likely N-dealkylation sites (tertiary alicyclic amines) is 1. The third-order valence-electron chi connectivity index (χ3n) is 4.61. The van der Waals surface area contributed by atoms with Crippen LogP contribution < -0.4 is 21.1 Å². The number of nitrogens with two attached hydrogens (primary N) is 1. The summed E-state index contributed by atoms with van der Waals surface area (Å²) < 4.78 is 5.60. The molecule has 2 rings (SSSR count). The van der Waals surface area contributed by atoms with Gasteiger partial charge in [0.2, 0.25) is 5.91 Å². The Morgan fingerprint density at radius 2 is 2.04 bits per heavy atom. The van der Waals surface area contributed by atoms with Gasteiger partial charge in [0.1, 0.15) is 5.75 Å². The molecule has 1 aliphatic heterocycles. The number of amides is 1. The zero-order valence-corrected chi connectivity index (χ0v) is 19.5. The standard InChI is InChI=1S/C20H33N5O2.HI/c1-4-22-20(24-17-8-10-25(11-9-17)14-19(21)26)23-13-16-6-7-18(27-5-2)15(3)12-16;/h6-7,12,17H,4-5,8-11,13-14H2,1-3H3,(H2,21,26)(H2,22,23,24);1H. The molecule has 1 heterocycles. The Kier molecular flexibility index (Phi) is 11.2. The quantitative estimate of drug-likeness (QED) is 0.287. The Labute approximate surface area is 185 Å². The summed E-state index contributed by atoms with van der Waals surface area (Å²) in [5.41, 5.74) is 7.56. The predicted molar refractivity (Wildman–Crippen MR) is 124 cm³/mol. The fraction of sp³-hybridized carbons (Fsp3) is 0.600. The van der Waals surface area contributed by atoms with Gasteiger partial charge in [-0.25, -0.2) is 4.99 Å². The minimum absolute atomic E-state index is 0. The lowest BCUT2D eigenvalue weighted by Gasteiger charge is -2.32. The van der Waals surface area contributed by atoms with E-state index in [-0.39, 0.29) is 29.9 Å². The second-order valence-electron chi connectivity index (χ2n) is 6.89. The average molecular weight is 503 g/mol. The predicted octanol–water partition coefficient (Wildman–Crippen LogP) is 2.02. The van der Waals surface area contributed by atoms with Crippen LogP contribution in [0.2, 0.25) is 0 Å². The number of carbonyl (C=O) groups is 1. The van der Waals surface area contributed by atoms with E-state index in [2.05, 4.69) is 41.5 Å². The summed E-state index contributed by atoms with van der Waals surface area (Å²) in [4.78, 5) is 17.9. The van der Waals surface area contributed by atoms with Gasteiger partial charge in [0.15, 0.2) is 5.96 Å². The van der Waals surface area contributed by atoms with Crippen molar-refractivity contribution >= 4 is 35.8 Å². The molecule has 0 bridgehead atoms. The highest BCUT2D eigenvalue weighted by atomic mass is 127. The topological polar surface area (TPSA) is 92.0 Å². The highest BCUT2D eigenvalue weighted by molar-refractivity contribution is 14.0. The number of rotatable bonds is 8. The van der Waals surface area contributed by atoms with Gasteiger partial charge < -0.3 is 21.1 Å². The van der Waals surface area contributed by atoms with Crippen LogP contribution in [-0.4, -0.2) is 55.6 Å². The van der Waals surface area contributed by atoms with Crippen LogP contribution >= 0.6 is 24.0 Å². The van der Waals surface area contributed by atoms with Gasteiger partial charge in [-0.05, 0) is 50.8 Å². The number of halogens is 1. The Balaban J connectivity index is 0.00000392. The molecule has 0 aliphatic carbocycles. The average Bonchev–Trinajstić information content (AvgIpc) is 2.63. The second-order valence-corrected chi connectivity index (χ2v) is 6.89. The number of primary amides is 1. The fourth-order valence-corrected chi connectivity index (χ4v) is 3.27. The maximum absolute atomic E-state index is 11.0. The summed E-state index contributed by atoms with van der Waals surface area (Å²) in [5, 5.41) is 6.84. The van der Waals surface area contributed by atoms with Gasteiger partial charge in [-0.3, -0.25) is 9.69 Å². The number of benzene rings is 1. The summed E-state index contributed by atoms with van der Waals surface area (Å²) in [5.74, 6) is 1.50. The largest absolute Gasteiger partial charge is 0.494 e. The lowest BCUT2D eigenvalue weighted by atomic mass is 10.1. The van der Waals surface area contributed by atoms with Crippen molar-refractivity contribution in [3.8, 4) is 5.75 Å². The lowest BCUT2D eigenvalue weighted by molar-refractivity contribution is -0.119. The van der Waals surface area contributed by atoms with Crippen LogP contribution in [0, 0.1) is 6.92 Å². The minimum atomic E-state index is -0.262. The molecule has 1 aromatic rings. The van der Waals surface area contributed by atoms with Gasteiger partial charge in [0.25, 0.3) is 0 Å². The molecule has 158 valence electrons. The lowest BCUT2D eigenvalue weighted by Crippen LogP contribution is -2.49. The molecular formula is C20H34IN5O2.